The molecule has 0 aliphatic heterocycles. The van der Waals surface area contributed by atoms with Gasteiger partial charge in [-0.15, -0.1) is 10.2 Å². The number of para-hydroxylation sites is 2. The fourth-order valence-electron chi connectivity index (χ4n) is 2.87. The number of hydrogen-bond acceptors (Lipinski definition) is 5. The second-order valence-electron chi connectivity index (χ2n) is 6.60. The average Bonchev–Trinajstić information content (AvgIpc) is 3.12. The number of rotatable bonds is 8. The molecule has 0 radical (unpaired) electrons. The van der Waals surface area contributed by atoms with Gasteiger partial charge < -0.3 is 14.0 Å². The van der Waals surface area contributed by atoms with Gasteiger partial charge in [0, 0.05) is 11.8 Å². The third-order valence-corrected chi connectivity index (χ3v) is 5.25. The molecule has 0 amide bonds. The van der Waals surface area contributed by atoms with Gasteiger partial charge in [-0.1, -0.05) is 42.1 Å². The third-order valence-electron chi connectivity index (χ3n) is 4.26. The third kappa shape index (κ3) is 4.47. The van der Waals surface area contributed by atoms with Crippen LogP contribution in [0.25, 0.3) is 0 Å². The van der Waals surface area contributed by atoms with Crippen molar-refractivity contribution >= 4 is 11.8 Å². The van der Waals surface area contributed by atoms with E-state index < -0.39 is 0 Å². The van der Waals surface area contributed by atoms with E-state index in [1.54, 1.807) is 19.2 Å². The van der Waals surface area contributed by atoms with Crippen LogP contribution < -0.4 is 9.47 Å². The fraction of sp³-hybridized carbons (Fsp3) is 0.333. The Morgan fingerprint density at radius 2 is 1.68 bits per heavy atom. The molecule has 1 heterocycles. The second-order valence-corrected chi connectivity index (χ2v) is 7.54. The first-order chi connectivity index (χ1) is 13.5. The van der Waals surface area contributed by atoms with E-state index in [-0.39, 0.29) is 18.0 Å². The van der Waals surface area contributed by atoms with Crippen molar-refractivity contribution in [2.45, 2.75) is 43.8 Å². The molecule has 0 aliphatic rings. The van der Waals surface area contributed by atoms with Crippen LogP contribution >= 0.6 is 11.8 Å². The molecule has 3 aromatic rings. The van der Waals surface area contributed by atoms with Crippen LogP contribution in [-0.4, -0.2) is 21.9 Å². The topological polar surface area (TPSA) is 49.2 Å². The Morgan fingerprint density at radius 3 is 2.36 bits per heavy atom. The molecule has 148 valence electrons. The van der Waals surface area contributed by atoms with Gasteiger partial charge >= 0.3 is 0 Å². The molecular formula is C21H24FN3O2S. The largest absolute Gasteiger partial charge is 0.493 e. The molecule has 0 saturated carbocycles. The van der Waals surface area contributed by atoms with E-state index in [2.05, 4.69) is 24.0 Å². The minimum atomic E-state index is -0.325. The van der Waals surface area contributed by atoms with E-state index in [0.29, 0.717) is 22.8 Å². The molecule has 1 atom stereocenters. The lowest BCUT2D eigenvalue weighted by atomic mass is 10.2. The van der Waals surface area contributed by atoms with Gasteiger partial charge in [0.1, 0.15) is 5.82 Å². The molecule has 5 nitrogen and oxygen atoms in total. The van der Waals surface area contributed by atoms with E-state index >= 15 is 0 Å². The van der Waals surface area contributed by atoms with Crippen molar-refractivity contribution in [1.82, 2.24) is 14.8 Å². The SMILES string of the molecule is COc1ccccc1OC(C)c1nnc(SCc2ccccc2F)n1C(C)C. The molecule has 0 saturated heterocycles. The number of aromatic nitrogens is 3. The molecule has 1 aromatic heterocycles. The van der Waals surface area contributed by atoms with Crippen molar-refractivity contribution in [2.75, 3.05) is 7.11 Å². The van der Waals surface area contributed by atoms with E-state index in [0.717, 1.165) is 11.0 Å². The monoisotopic (exact) mass is 401 g/mol. The van der Waals surface area contributed by atoms with Crippen molar-refractivity contribution in [3.8, 4) is 11.5 Å². The number of benzene rings is 2. The highest BCUT2D eigenvalue weighted by Gasteiger charge is 2.22. The lowest BCUT2D eigenvalue weighted by Gasteiger charge is -2.19. The van der Waals surface area contributed by atoms with Crippen molar-refractivity contribution in [3.05, 3.63) is 65.7 Å². The molecule has 0 spiro atoms. The molecule has 0 bridgehead atoms. The van der Waals surface area contributed by atoms with E-state index in [9.17, 15) is 4.39 Å². The Labute approximate surface area is 168 Å². The summed E-state index contributed by atoms with van der Waals surface area (Å²) >= 11 is 1.46. The Balaban J connectivity index is 1.81. The van der Waals surface area contributed by atoms with Crippen LogP contribution in [0.1, 0.15) is 44.3 Å². The summed E-state index contributed by atoms with van der Waals surface area (Å²) in [5.74, 6) is 2.31. The van der Waals surface area contributed by atoms with Crippen LogP contribution in [0.4, 0.5) is 4.39 Å². The standard InChI is InChI=1S/C21H24FN3O2S/c1-14(2)25-20(15(3)27-19-12-8-7-11-18(19)26-4)23-24-21(25)28-13-16-9-5-6-10-17(16)22/h5-12,14-15H,13H2,1-4H3. The van der Waals surface area contributed by atoms with E-state index in [1.165, 1.54) is 17.8 Å². The summed E-state index contributed by atoms with van der Waals surface area (Å²) in [6, 6.07) is 14.4. The predicted octanol–water partition coefficient (Wildman–Crippen LogP) is 5.44. The minimum Gasteiger partial charge on any atom is -0.493 e. The Hall–Kier alpha value is -2.54. The zero-order chi connectivity index (χ0) is 20.1. The number of thioether (sulfide) groups is 1. The summed E-state index contributed by atoms with van der Waals surface area (Å²) in [4.78, 5) is 0. The predicted molar refractivity (Wildman–Crippen MR) is 108 cm³/mol. The van der Waals surface area contributed by atoms with Crippen LogP contribution in [0.5, 0.6) is 11.5 Å². The summed E-state index contributed by atoms with van der Waals surface area (Å²) in [5.41, 5.74) is 0.644. The van der Waals surface area contributed by atoms with Crippen molar-refractivity contribution in [2.24, 2.45) is 0 Å². The van der Waals surface area contributed by atoms with Gasteiger partial charge in [0.05, 0.1) is 7.11 Å². The summed E-state index contributed by atoms with van der Waals surface area (Å²) in [5, 5.41) is 9.43. The Kier molecular flexibility index (Phi) is 6.57. The van der Waals surface area contributed by atoms with E-state index in [4.69, 9.17) is 9.47 Å². The van der Waals surface area contributed by atoms with Gasteiger partial charge in [-0.3, -0.25) is 0 Å². The number of hydrogen-bond donors (Lipinski definition) is 0. The Morgan fingerprint density at radius 1 is 1.00 bits per heavy atom. The van der Waals surface area contributed by atoms with Gasteiger partial charge in [-0.2, -0.15) is 0 Å². The van der Waals surface area contributed by atoms with Gasteiger partial charge in [0.2, 0.25) is 0 Å². The van der Waals surface area contributed by atoms with Crippen LogP contribution in [0, 0.1) is 5.82 Å². The maximum absolute atomic E-state index is 13.9. The number of halogens is 1. The number of ether oxygens (including phenoxy) is 2. The molecule has 7 heteroatoms. The molecule has 0 aliphatic carbocycles. The quantitative estimate of drug-likeness (QED) is 0.471. The molecule has 3 rings (SSSR count). The smallest absolute Gasteiger partial charge is 0.191 e. The van der Waals surface area contributed by atoms with Crippen molar-refractivity contribution < 1.29 is 13.9 Å². The molecule has 0 fully saturated rings. The first kappa shape index (κ1) is 20.2. The summed E-state index contributed by atoms with van der Waals surface area (Å²) in [6.45, 7) is 6.06. The summed E-state index contributed by atoms with van der Waals surface area (Å²) in [7, 11) is 1.61. The van der Waals surface area contributed by atoms with Gasteiger partial charge in [0.25, 0.3) is 0 Å². The van der Waals surface area contributed by atoms with E-state index in [1.807, 2.05) is 41.8 Å². The van der Waals surface area contributed by atoms with Gasteiger partial charge in [-0.05, 0) is 44.5 Å². The lowest BCUT2D eigenvalue weighted by molar-refractivity contribution is 0.198. The maximum atomic E-state index is 13.9. The van der Waals surface area contributed by atoms with Gasteiger partial charge in [0.15, 0.2) is 28.6 Å². The fourth-order valence-corrected chi connectivity index (χ4v) is 3.93. The summed E-state index contributed by atoms with van der Waals surface area (Å²) < 4.78 is 27.4. The highest BCUT2D eigenvalue weighted by atomic mass is 32.2. The number of methoxy groups -OCH3 is 1. The molecule has 28 heavy (non-hydrogen) atoms. The van der Waals surface area contributed by atoms with Gasteiger partial charge in [-0.25, -0.2) is 4.39 Å². The van der Waals surface area contributed by atoms with Crippen LogP contribution in [0.3, 0.4) is 0 Å². The molecular weight excluding hydrogens is 377 g/mol. The van der Waals surface area contributed by atoms with Crippen molar-refractivity contribution in [3.63, 3.8) is 0 Å². The highest BCUT2D eigenvalue weighted by Crippen LogP contribution is 2.33. The maximum Gasteiger partial charge on any atom is 0.191 e. The lowest BCUT2D eigenvalue weighted by Crippen LogP contribution is -2.14. The minimum absolute atomic E-state index is 0.136. The van der Waals surface area contributed by atoms with Crippen molar-refractivity contribution in [1.29, 1.82) is 0 Å². The second kappa shape index (κ2) is 9.10. The van der Waals surface area contributed by atoms with Crippen LogP contribution in [-0.2, 0) is 5.75 Å². The summed E-state index contributed by atoms with van der Waals surface area (Å²) in [6.07, 6.45) is -0.325. The molecule has 1 unspecified atom stereocenters. The zero-order valence-electron chi connectivity index (χ0n) is 16.4. The first-order valence-corrected chi connectivity index (χ1v) is 10.1. The van der Waals surface area contributed by atoms with Crippen LogP contribution in [0.15, 0.2) is 53.7 Å². The highest BCUT2D eigenvalue weighted by molar-refractivity contribution is 7.98. The zero-order valence-corrected chi connectivity index (χ0v) is 17.2. The normalized spacial score (nSPS) is 12.2. The first-order valence-electron chi connectivity index (χ1n) is 9.12. The Bertz CT molecular complexity index is 930. The average molecular weight is 402 g/mol. The number of nitrogens with zero attached hydrogens (tertiary/aromatic N) is 3. The molecule has 0 N–H and O–H groups in total. The van der Waals surface area contributed by atoms with Crippen LogP contribution in [0.2, 0.25) is 0 Å². The molecule has 2 aromatic carbocycles.